The first-order chi connectivity index (χ1) is 8.69. The van der Waals surface area contributed by atoms with Crippen molar-refractivity contribution < 1.29 is 13.9 Å². The number of rotatable bonds is 6. The minimum absolute atomic E-state index is 0.0863. The topological polar surface area (TPSA) is 50.4 Å². The normalized spacial score (nSPS) is 14.3. The molecule has 0 aliphatic heterocycles. The Balaban J connectivity index is 1.81. The summed E-state index contributed by atoms with van der Waals surface area (Å²) < 4.78 is 18.0. The van der Waals surface area contributed by atoms with Gasteiger partial charge in [-0.1, -0.05) is 0 Å². The van der Waals surface area contributed by atoms with E-state index in [2.05, 4.69) is 10.6 Å². The highest BCUT2D eigenvalue weighted by molar-refractivity contribution is 5.91. The van der Waals surface area contributed by atoms with Gasteiger partial charge in [0.05, 0.1) is 7.11 Å². The summed E-state index contributed by atoms with van der Waals surface area (Å²) in [6.07, 6.45) is 2.82. The first-order valence-electron chi connectivity index (χ1n) is 6.06. The number of carbonyl (C=O) groups excluding carboxylic acids is 1. The second-order valence-corrected chi connectivity index (χ2v) is 4.38. The number of anilines is 1. The van der Waals surface area contributed by atoms with Gasteiger partial charge in [-0.15, -0.1) is 0 Å². The number of benzene rings is 1. The maximum atomic E-state index is 13.2. The second-order valence-electron chi connectivity index (χ2n) is 4.38. The lowest BCUT2D eigenvalue weighted by atomic mass is 10.2. The van der Waals surface area contributed by atoms with E-state index < -0.39 is 5.82 Å². The van der Waals surface area contributed by atoms with Crippen LogP contribution in [0.15, 0.2) is 18.2 Å². The molecule has 2 rings (SSSR count). The molecule has 0 atom stereocenters. The van der Waals surface area contributed by atoms with E-state index in [1.807, 2.05) is 0 Å². The van der Waals surface area contributed by atoms with Crippen LogP contribution in [0.1, 0.15) is 19.3 Å². The molecular weight excluding hydrogens is 235 g/mol. The Morgan fingerprint density at radius 1 is 1.50 bits per heavy atom. The zero-order valence-electron chi connectivity index (χ0n) is 10.3. The van der Waals surface area contributed by atoms with Crippen LogP contribution in [-0.4, -0.2) is 25.6 Å². The third kappa shape index (κ3) is 3.70. The minimum Gasteiger partial charge on any atom is -0.494 e. The van der Waals surface area contributed by atoms with Crippen LogP contribution in [-0.2, 0) is 4.79 Å². The van der Waals surface area contributed by atoms with Crippen molar-refractivity contribution in [2.75, 3.05) is 19.0 Å². The van der Waals surface area contributed by atoms with Crippen LogP contribution in [0.25, 0.3) is 0 Å². The first-order valence-corrected chi connectivity index (χ1v) is 6.06. The lowest BCUT2D eigenvalue weighted by Gasteiger charge is -2.08. The number of carbonyl (C=O) groups is 1. The third-order valence-corrected chi connectivity index (χ3v) is 2.80. The Morgan fingerprint density at radius 2 is 2.28 bits per heavy atom. The number of amides is 1. The number of halogens is 1. The molecular formula is C13H17FN2O2. The zero-order chi connectivity index (χ0) is 13.0. The summed E-state index contributed by atoms with van der Waals surface area (Å²) in [7, 11) is 1.39. The van der Waals surface area contributed by atoms with Gasteiger partial charge in [-0.05, 0) is 25.0 Å². The van der Waals surface area contributed by atoms with Gasteiger partial charge in [0, 0.05) is 30.8 Å². The van der Waals surface area contributed by atoms with Gasteiger partial charge < -0.3 is 15.4 Å². The van der Waals surface area contributed by atoms with Crippen molar-refractivity contribution in [3.05, 3.63) is 24.0 Å². The molecule has 1 saturated carbocycles. The number of hydrogen-bond donors (Lipinski definition) is 2. The van der Waals surface area contributed by atoms with E-state index in [1.165, 1.54) is 38.2 Å². The molecule has 1 aromatic rings. The van der Waals surface area contributed by atoms with Crippen molar-refractivity contribution in [3.8, 4) is 5.75 Å². The lowest BCUT2D eigenvalue weighted by Crippen LogP contribution is -2.23. The van der Waals surface area contributed by atoms with E-state index in [-0.39, 0.29) is 11.7 Å². The van der Waals surface area contributed by atoms with Crippen molar-refractivity contribution in [1.82, 2.24) is 5.32 Å². The van der Waals surface area contributed by atoms with E-state index in [1.54, 1.807) is 0 Å². The Kier molecular flexibility index (Phi) is 4.15. The summed E-state index contributed by atoms with van der Waals surface area (Å²) in [5.41, 5.74) is 0.546. The van der Waals surface area contributed by atoms with Crippen molar-refractivity contribution >= 4 is 11.6 Å². The third-order valence-electron chi connectivity index (χ3n) is 2.80. The SMILES string of the molecule is COc1cc(NC(=O)CCNC2CC2)ccc1F. The minimum atomic E-state index is -0.439. The Hall–Kier alpha value is -1.62. The van der Waals surface area contributed by atoms with Gasteiger partial charge in [-0.3, -0.25) is 4.79 Å². The molecule has 1 fully saturated rings. The fourth-order valence-corrected chi connectivity index (χ4v) is 1.64. The van der Waals surface area contributed by atoms with Gasteiger partial charge in [-0.2, -0.15) is 0 Å². The molecule has 0 radical (unpaired) electrons. The number of ether oxygens (including phenoxy) is 1. The summed E-state index contributed by atoms with van der Waals surface area (Å²) in [6.45, 7) is 0.675. The molecule has 0 saturated heterocycles. The van der Waals surface area contributed by atoms with Crippen molar-refractivity contribution in [1.29, 1.82) is 0 Å². The Bertz CT molecular complexity index is 433. The molecule has 98 valence electrons. The van der Waals surface area contributed by atoms with Crippen LogP contribution < -0.4 is 15.4 Å². The van der Waals surface area contributed by atoms with Gasteiger partial charge >= 0.3 is 0 Å². The summed E-state index contributed by atoms with van der Waals surface area (Å²) in [6, 6.07) is 4.87. The van der Waals surface area contributed by atoms with Gasteiger partial charge in [0.1, 0.15) is 0 Å². The first kappa shape index (κ1) is 12.8. The molecule has 4 nitrogen and oxygen atoms in total. The molecule has 1 aromatic carbocycles. The smallest absolute Gasteiger partial charge is 0.225 e. The van der Waals surface area contributed by atoms with Crippen LogP contribution in [0, 0.1) is 5.82 Å². The Labute approximate surface area is 106 Å². The molecule has 0 bridgehead atoms. The highest BCUT2D eigenvalue weighted by Gasteiger charge is 2.20. The largest absolute Gasteiger partial charge is 0.494 e. The summed E-state index contributed by atoms with van der Waals surface area (Å²) in [5, 5.41) is 5.97. The Morgan fingerprint density at radius 3 is 2.94 bits per heavy atom. The molecule has 2 N–H and O–H groups in total. The molecule has 1 aliphatic rings. The van der Waals surface area contributed by atoms with E-state index in [4.69, 9.17) is 4.74 Å². The molecule has 0 unspecified atom stereocenters. The highest BCUT2D eigenvalue weighted by atomic mass is 19.1. The zero-order valence-corrected chi connectivity index (χ0v) is 10.3. The van der Waals surface area contributed by atoms with Crippen LogP contribution in [0.3, 0.4) is 0 Å². The summed E-state index contributed by atoms with van der Waals surface area (Å²) in [4.78, 5) is 11.6. The molecule has 1 amide bonds. The molecule has 1 aliphatic carbocycles. The van der Waals surface area contributed by atoms with E-state index in [0.717, 1.165) is 0 Å². The predicted molar refractivity (Wildman–Crippen MR) is 67.2 cm³/mol. The average molecular weight is 252 g/mol. The highest BCUT2D eigenvalue weighted by Crippen LogP contribution is 2.21. The lowest BCUT2D eigenvalue weighted by molar-refractivity contribution is -0.116. The molecule has 0 spiro atoms. The van der Waals surface area contributed by atoms with Gasteiger partial charge in [0.2, 0.25) is 5.91 Å². The average Bonchev–Trinajstić information content (AvgIpc) is 3.15. The maximum absolute atomic E-state index is 13.2. The van der Waals surface area contributed by atoms with E-state index in [9.17, 15) is 9.18 Å². The van der Waals surface area contributed by atoms with Crippen LogP contribution in [0.2, 0.25) is 0 Å². The number of hydrogen-bond acceptors (Lipinski definition) is 3. The van der Waals surface area contributed by atoms with Crippen LogP contribution in [0.4, 0.5) is 10.1 Å². The van der Waals surface area contributed by atoms with Gasteiger partial charge in [0.25, 0.3) is 0 Å². The molecule has 5 heteroatoms. The van der Waals surface area contributed by atoms with Crippen molar-refractivity contribution in [3.63, 3.8) is 0 Å². The standard InChI is InChI=1S/C13H17FN2O2/c1-18-12-8-10(4-5-11(12)14)16-13(17)6-7-15-9-2-3-9/h4-5,8-9,15H,2-3,6-7H2,1H3,(H,16,17). The quantitative estimate of drug-likeness (QED) is 0.813. The second kappa shape index (κ2) is 5.82. The maximum Gasteiger partial charge on any atom is 0.225 e. The molecule has 18 heavy (non-hydrogen) atoms. The van der Waals surface area contributed by atoms with E-state index in [0.29, 0.717) is 24.7 Å². The van der Waals surface area contributed by atoms with Crippen molar-refractivity contribution in [2.45, 2.75) is 25.3 Å². The van der Waals surface area contributed by atoms with Gasteiger partial charge in [0.15, 0.2) is 11.6 Å². The van der Waals surface area contributed by atoms with E-state index >= 15 is 0 Å². The van der Waals surface area contributed by atoms with Crippen molar-refractivity contribution in [2.24, 2.45) is 0 Å². The van der Waals surface area contributed by atoms with Gasteiger partial charge in [-0.25, -0.2) is 4.39 Å². The monoisotopic (exact) mass is 252 g/mol. The van der Waals surface area contributed by atoms with Crippen LogP contribution >= 0.6 is 0 Å². The molecule has 0 aromatic heterocycles. The molecule has 0 heterocycles. The van der Waals surface area contributed by atoms with Crippen LogP contribution in [0.5, 0.6) is 5.75 Å². The summed E-state index contributed by atoms with van der Waals surface area (Å²) in [5.74, 6) is -0.397. The number of methoxy groups -OCH3 is 1. The fraction of sp³-hybridized carbons (Fsp3) is 0.462. The predicted octanol–water partition coefficient (Wildman–Crippen LogP) is 1.91. The summed E-state index contributed by atoms with van der Waals surface area (Å²) >= 11 is 0. The fourth-order valence-electron chi connectivity index (χ4n) is 1.64. The number of nitrogens with one attached hydrogen (secondary N) is 2.